The first-order valence-corrected chi connectivity index (χ1v) is 7.31. The third kappa shape index (κ3) is 2.61. The van der Waals surface area contributed by atoms with Gasteiger partial charge in [-0.1, -0.05) is 18.2 Å². The van der Waals surface area contributed by atoms with Crippen molar-refractivity contribution in [2.75, 3.05) is 7.05 Å². The lowest BCUT2D eigenvalue weighted by atomic mass is 10.0. The Balaban J connectivity index is 2.10. The molecule has 0 unspecified atom stereocenters. The number of hydrogen-bond acceptors (Lipinski definition) is 3. The Morgan fingerprint density at radius 2 is 1.74 bits per heavy atom. The standard InChI is InChI=1S/C18H17N3O2/c1-11-20-16-9-8-14(10-15(16)18(23)21(11)3)12-4-6-13(7-5-12)17(22)19-2/h4-10H,1-3H3,(H,19,22). The molecule has 1 heterocycles. The summed E-state index contributed by atoms with van der Waals surface area (Å²) in [5.41, 5.74) is 3.10. The van der Waals surface area contributed by atoms with Gasteiger partial charge in [0, 0.05) is 19.7 Å². The van der Waals surface area contributed by atoms with Crippen LogP contribution in [0.15, 0.2) is 47.3 Å². The van der Waals surface area contributed by atoms with Crippen molar-refractivity contribution < 1.29 is 4.79 Å². The molecule has 3 rings (SSSR count). The van der Waals surface area contributed by atoms with Crippen LogP contribution in [-0.2, 0) is 7.05 Å². The molecule has 0 aliphatic carbocycles. The number of carbonyl (C=O) groups excluding carboxylic acids is 1. The summed E-state index contributed by atoms with van der Waals surface area (Å²) in [6, 6.07) is 12.9. The molecule has 1 aromatic heterocycles. The number of nitrogens with one attached hydrogen (secondary N) is 1. The Labute approximate surface area is 133 Å². The molecule has 0 spiro atoms. The van der Waals surface area contributed by atoms with E-state index in [9.17, 15) is 9.59 Å². The highest BCUT2D eigenvalue weighted by Crippen LogP contribution is 2.22. The van der Waals surface area contributed by atoms with Crippen LogP contribution in [0.5, 0.6) is 0 Å². The zero-order chi connectivity index (χ0) is 16.6. The Kier molecular flexibility index (Phi) is 3.70. The van der Waals surface area contributed by atoms with Gasteiger partial charge in [0.25, 0.3) is 11.5 Å². The van der Waals surface area contributed by atoms with Gasteiger partial charge < -0.3 is 5.32 Å². The molecule has 2 aromatic carbocycles. The van der Waals surface area contributed by atoms with Crippen LogP contribution in [0.3, 0.4) is 0 Å². The maximum Gasteiger partial charge on any atom is 0.261 e. The monoisotopic (exact) mass is 307 g/mol. The number of aromatic nitrogens is 2. The van der Waals surface area contributed by atoms with Crippen LogP contribution in [0.4, 0.5) is 0 Å². The fourth-order valence-electron chi connectivity index (χ4n) is 2.52. The number of aryl methyl sites for hydroxylation is 1. The van der Waals surface area contributed by atoms with E-state index >= 15 is 0 Å². The Hall–Kier alpha value is -2.95. The van der Waals surface area contributed by atoms with Crippen molar-refractivity contribution in [3.8, 4) is 11.1 Å². The fraction of sp³-hybridized carbons (Fsp3) is 0.167. The SMILES string of the molecule is CNC(=O)c1ccc(-c2ccc3nc(C)n(C)c(=O)c3c2)cc1. The van der Waals surface area contributed by atoms with E-state index in [4.69, 9.17) is 0 Å². The van der Waals surface area contributed by atoms with Gasteiger partial charge in [-0.05, 0) is 42.3 Å². The second kappa shape index (κ2) is 5.68. The van der Waals surface area contributed by atoms with Crippen molar-refractivity contribution in [1.29, 1.82) is 0 Å². The van der Waals surface area contributed by atoms with Gasteiger partial charge in [0.2, 0.25) is 0 Å². The molecule has 0 bridgehead atoms. The van der Waals surface area contributed by atoms with Gasteiger partial charge in [-0.15, -0.1) is 0 Å². The minimum absolute atomic E-state index is 0.0590. The molecule has 0 aliphatic rings. The van der Waals surface area contributed by atoms with Crippen LogP contribution in [0.25, 0.3) is 22.0 Å². The van der Waals surface area contributed by atoms with Gasteiger partial charge in [-0.3, -0.25) is 14.2 Å². The van der Waals surface area contributed by atoms with Crippen LogP contribution < -0.4 is 10.9 Å². The molecule has 0 radical (unpaired) electrons. The molecule has 116 valence electrons. The Morgan fingerprint density at radius 3 is 2.39 bits per heavy atom. The Morgan fingerprint density at radius 1 is 1.09 bits per heavy atom. The fourth-order valence-corrected chi connectivity index (χ4v) is 2.52. The molecule has 0 saturated carbocycles. The minimum atomic E-state index is -0.122. The second-order valence-corrected chi connectivity index (χ2v) is 5.41. The summed E-state index contributed by atoms with van der Waals surface area (Å²) in [7, 11) is 3.32. The predicted octanol–water partition coefficient (Wildman–Crippen LogP) is 2.27. The van der Waals surface area contributed by atoms with Gasteiger partial charge in [0.05, 0.1) is 10.9 Å². The number of rotatable bonds is 2. The summed E-state index contributed by atoms with van der Waals surface area (Å²) in [6.45, 7) is 1.81. The van der Waals surface area contributed by atoms with E-state index in [1.807, 2.05) is 37.3 Å². The molecule has 1 N–H and O–H groups in total. The molecule has 0 saturated heterocycles. The smallest absolute Gasteiger partial charge is 0.261 e. The zero-order valence-electron chi connectivity index (χ0n) is 13.3. The lowest BCUT2D eigenvalue weighted by Gasteiger charge is -2.08. The van der Waals surface area contributed by atoms with E-state index in [0.717, 1.165) is 11.1 Å². The van der Waals surface area contributed by atoms with Crippen LogP contribution in [0.2, 0.25) is 0 Å². The molecule has 3 aromatic rings. The number of carbonyl (C=O) groups is 1. The van der Waals surface area contributed by atoms with Crippen molar-refractivity contribution in [3.63, 3.8) is 0 Å². The van der Waals surface area contributed by atoms with Crippen LogP contribution in [0, 0.1) is 6.92 Å². The van der Waals surface area contributed by atoms with Crippen molar-refractivity contribution in [2.24, 2.45) is 7.05 Å². The zero-order valence-corrected chi connectivity index (χ0v) is 13.3. The van der Waals surface area contributed by atoms with Gasteiger partial charge in [0.1, 0.15) is 5.82 Å². The second-order valence-electron chi connectivity index (χ2n) is 5.41. The van der Waals surface area contributed by atoms with Crippen LogP contribution in [0.1, 0.15) is 16.2 Å². The number of nitrogens with zero attached hydrogens (tertiary/aromatic N) is 2. The summed E-state index contributed by atoms with van der Waals surface area (Å²) < 4.78 is 1.54. The Bertz CT molecular complexity index is 956. The summed E-state index contributed by atoms with van der Waals surface area (Å²) in [5.74, 6) is 0.564. The van der Waals surface area contributed by atoms with E-state index in [1.165, 1.54) is 0 Å². The summed E-state index contributed by atoms with van der Waals surface area (Å²) in [5, 5.41) is 3.18. The average molecular weight is 307 g/mol. The first-order chi connectivity index (χ1) is 11.0. The number of benzene rings is 2. The topological polar surface area (TPSA) is 64.0 Å². The van der Waals surface area contributed by atoms with Crippen LogP contribution >= 0.6 is 0 Å². The summed E-state index contributed by atoms with van der Waals surface area (Å²) >= 11 is 0. The van der Waals surface area contributed by atoms with Crippen molar-refractivity contribution in [1.82, 2.24) is 14.9 Å². The highest BCUT2D eigenvalue weighted by atomic mass is 16.1. The first kappa shape index (κ1) is 15.0. The molecular formula is C18H17N3O2. The third-order valence-electron chi connectivity index (χ3n) is 4.01. The first-order valence-electron chi connectivity index (χ1n) is 7.31. The maximum atomic E-state index is 12.4. The van der Waals surface area contributed by atoms with E-state index < -0.39 is 0 Å². The van der Waals surface area contributed by atoms with Crippen molar-refractivity contribution >= 4 is 16.8 Å². The van der Waals surface area contributed by atoms with Gasteiger partial charge in [0.15, 0.2) is 0 Å². The molecule has 1 amide bonds. The highest BCUT2D eigenvalue weighted by Gasteiger charge is 2.08. The summed E-state index contributed by atoms with van der Waals surface area (Å²) in [6.07, 6.45) is 0. The third-order valence-corrected chi connectivity index (χ3v) is 4.01. The van der Waals surface area contributed by atoms with E-state index in [1.54, 1.807) is 30.8 Å². The largest absolute Gasteiger partial charge is 0.355 e. The molecule has 0 aliphatic heterocycles. The maximum absolute atomic E-state index is 12.4. The minimum Gasteiger partial charge on any atom is -0.355 e. The molecule has 5 heteroatoms. The number of fused-ring (bicyclic) bond motifs is 1. The normalized spacial score (nSPS) is 10.7. The number of amides is 1. The lowest BCUT2D eigenvalue weighted by Crippen LogP contribution is -2.20. The molecule has 23 heavy (non-hydrogen) atoms. The molecule has 0 fully saturated rings. The average Bonchev–Trinajstić information content (AvgIpc) is 2.59. The molecule has 0 atom stereocenters. The molecular weight excluding hydrogens is 290 g/mol. The van der Waals surface area contributed by atoms with Crippen molar-refractivity contribution in [3.05, 3.63) is 64.2 Å². The van der Waals surface area contributed by atoms with Crippen molar-refractivity contribution in [2.45, 2.75) is 6.92 Å². The van der Waals surface area contributed by atoms with E-state index in [-0.39, 0.29) is 11.5 Å². The van der Waals surface area contributed by atoms with Gasteiger partial charge in [-0.2, -0.15) is 0 Å². The summed E-state index contributed by atoms with van der Waals surface area (Å²) in [4.78, 5) is 28.4. The van der Waals surface area contributed by atoms with Crippen LogP contribution in [-0.4, -0.2) is 22.5 Å². The van der Waals surface area contributed by atoms with Gasteiger partial charge in [-0.25, -0.2) is 4.98 Å². The van der Waals surface area contributed by atoms with E-state index in [2.05, 4.69) is 10.3 Å². The van der Waals surface area contributed by atoms with E-state index in [0.29, 0.717) is 22.3 Å². The van der Waals surface area contributed by atoms with Gasteiger partial charge >= 0.3 is 0 Å². The molecule has 5 nitrogen and oxygen atoms in total. The number of hydrogen-bond donors (Lipinski definition) is 1. The predicted molar refractivity (Wildman–Crippen MR) is 90.5 cm³/mol. The lowest BCUT2D eigenvalue weighted by molar-refractivity contribution is 0.0963. The quantitative estimate of drug-likeness (QED) is 0.790. The highest BCUT2D eigenvalue weighted by molar-refractivity contribution is 5.94.